The van der Waals surface area contributed by atoms with Crippen molar-refractivity contribution in [3.05, 3.63) is 23.8 Å². The standard InChI is InChI=1S/C10H9F6NO/c1-7(4-2-3-5-17)6-8(18,9(11,12)13)10(14,15)16/h2-4,18H,6H2,1H3. The lowest BCUT2D eigenvalue weighted by atomic mass is 9.93. The summed E-state index contributed by atoms with van der Waals surface area (Å²) in [5, 5.41) is 16.9. The molecule has 0 aromatic heterocycles. The SMILES string of the molecule is CC(=CC=CC#N)CC(O)(C(F)(F)F)C(F)(F)F. The monoisotopic (exact) mass is 273 g/mol. The highest BCUT2D eigenvalue weighted by Gasteiger charge is 2.69. The summed E-state index contributed by atoms with van der Waals surface area (Å²) in [5.74, 6) is 0. The van der Waals surface area contributed by atoms with Gasteiger partial charge in [-0.15, -0.1) is 0 Å². The predicted molar refractivity (Wildman–Crippen MR) is 50.2 cm³/mol. The van der Waals surface area contributed by atoms with Gasteiger partial charge in [-0.1, -0.05) is 17.7 Å². The first kappa shape index (κ1) is 16.5. The van der Waals surface area contributed by atoms with Crippen molar-refractivity contribution in [3.8, 4) is 6.07 Å². The zero-order chi connectivity index (χ0) is 14.6. The first-order valence-electron chi connectivity index (χ1n) is 4.53. The number of aliphatic hydroxyl groups is 1. The fourth-order valence-electron chi connectivity index (χ4n) is 1.08. The van der Waals surface area contributed by atoms with E-state index in [9.17, 15) is 26.3 Å². The minimum atomic E-state index is -5.83. The first-order valence-corrected chi connectivity index (χ1v) is 4.53. The highest BCUT2D eigenvalue weighted by Crippen LogP contribution is 2.46. The highest BCUT2D eigenvalue weighted by atomic mass is 19.4. The smallest absolute Gasteiger partial charge is 0.373 e. The second kappa shape index (κ2) is 5.44. The average Bonchev–Trinajstić information content (AvgIpc) is 2.14. The van der Waals surface area contributed by atoms with E-state index in [1.54, 1.807) is 0 Å². The summed E-state index contributed by atoms with van der Waals surface area (Å²) in [6.07, 6.45) is -10.5. The molecule has 0 amide bonds. The highest BCUT2D eigenvalue weighted by molar-refractivity contribution is 5.18. The Kier molecular flexibility index (Phi) is 4.99. The van der Waals surface area contributed by atoms with Crippen molar-refractivity contribution in [2.45, 2.75) is 31.3 Å². The molecule has 0 atom stereocenters. The van der Waals surface area contributed by atoms with Gasteiger partial charge in [-0.2, -0.15) is 31.6 Å². The summed E-state index contributed by atoms with van der Waals surface area (Å²) in [4.78, 5) is 0. The second-order valence-electron chi connectivity index (χ2n) is 3.53. The minimum absolute atomic E-state index is 0.362. The molecule has 0 spiro atoms. The van der Waals surface area contributed by atoms with E-state index in [0.29, 0.717) is 0 Å². The number of allylic oxidation sites excluding steroid dienone is 3. The van der Waals surface area contributed by atoms with Crippen LogP contribution in [0.3, 0.4) is 0 Å². The molecule has 1 N–H and O–H groups in total. The molecule has 2 nitrogen and oxygen atoms in total. The Labute approximate surface area is 98.8 Å². The molecule has 0 aliphatic rings. The third-order valence-corrected chi connectivity index (χ3v) is 2.02. The fraction of sp³-hybridized carbons (Fsp3) is 0.500. The van der Waals surface area contributed by atoms with E-state index < -0.39 is 24.4 Å². The molecule has 0 radical (unpaired) electrons. The molecule has 0 rings (SSSR count). The van der Waals surface area contributed by atoms with Gasteiger partial charge < -0.3 is 5.11 Å². The predicted octanol–water partition coefficient (Wildman–Crippen LogP) is 3.26. The summed E-state index contributed by atoms with van der Waals surface area (Å²) >= 11 is 0. The van der Waals surface area contributed by atoms with Gasteiger partial charge in [0, 0.05) is 12.5 Å². The number of hydrogen-bond acceptors (Lipinski definition) is 2. The molecule has 0 aliphatic carbocycles. The molecule has 0 aromatic rings. The summed E-state index contributed by atoms with van der Waals surface area (Å²) in [5.41, 5.74) is -5.15. The van der Waals surface area contributed by atoms with Crippen LogP contribution < -0.4 is 0 Å². The van der Waals surface area contributed by atoms with Crippen molar-refractivity contribution in [2.75, 3.05) is 0 Å². The van der Waals surface area contributed by atoms with Gasteiger partial charge in [-0.25, -0.2) is 0 Å². The van der Waals surface area contributed by atoms with Gasteiger partial charge in [-0.3, -0.25) is 0 Å². The fourth-order valence-corrected chi connectivity index (χ4v) is 1.08. The maximum absolute atomic E-state index is 12.3. The van der Waals surface area contributed by atoms with Crippen LogP contribution in [-0.4, -0.2) is 23.1 Å². The van der Waals surface area contributed by atoms with Crippen molar-refractivity contribution in [3.63, 3.8) is 0 Å². The number of alkyl halides is 6. The third kappa shape index (κ3) is 3.77. The van der Waals surface area contributed by atoms with E-state index in [0.717, 1.165) is 25.2 Å². The molecular weight excluding hydrogens is 264 g/mol. The zero-order valence-corrected chi connectivity index (χ0v) is 9.10. The minimum Gasteiger partial charge on any atom is -0.373 e. The van der Waals surface area contributed by atoms with Gasteiger partial charge in [0.2, 0.25) is 0 Å². The van der Waals surface area contributed by atoms with Gasteiger partial charge in [0.05, 0.1) is 6.07 Å². The lowest BCUT2D eigenvalue weighted by Gasteiger charge is -2.32. The number of hydrogen-bond donors (Lipinski definition) is 1. The molecular formula is C10H9F6NO. The Morgan fingerprint density at radius 2 is 1.61 bits per heavy atom. The Morgan fingerprint density at radius 3 is 1.94 bits per heavy atom. The molecule has 0 aliphatic heterocycles. The van der Waals surface area contributed by atoms with Gasteiger partial charge >= 0.3 is 12.4 Å². The third-order valence-electron chi connectivity index (χ3n) is 2.02. The first-order chi connectivity index (χ1) is 7.95. The van der Waals surface area contributed by atoms with Crippen LogP contribution in [0.1, 0.15) is 13.3 Å². The summed E-state index contributed by atoms with van der Waals surface area (Å²) < 4.78 is 73.7. The number of nitrogens with zero attached hydrogens (tertiary/aromatic N) is 1. The Bertz CT molecular complexity index is 371. The summed E-state index contributed by atoms with van der Waals surface area (Å²) in [7, 11) is 0. The maximum atomic E-state index is 12.3. The molecule has 0 unspecified atom stereocenters. The second-order valence-corrected chi connectivity index (χ2v) is 3.53. The topological polar surface area (TPSA) is 44.0 Å². The molecule has 8 heteroatoms. The normalized spacial score (nSPS) is 14.9. The van der Waals surface area contributed by atoms with Crippen LogP contribution in [-0.2, 0) is 0 Å². The van der Waals surface area contributed by atoms with E-state index in [1.807, 2.05) is 0 Å². The van der Waals surface area contributed by atoms with Crippen molar-refractivity contribution in [1.29, 1.82) is 5.26 Å². The van der Waals surface area contributed by atoms with Crippen LogP contribution in [0.15, 0.2) is 23.8 Å². The Balaban J connectivity index is 5.25. The van der Waals surface area contributed by atoms with Crippen LogP contribution in [0.5, 0.6) is 0 Å². The van der Waals surface area contributed by atoms with Crippen molar-refractivity contribution in [2.24, 2.45) is 0 Å². The molecule has 0 heterocycles. The van der Waals surface area contributed by atoms with Crippen molar-refractivity contribution in [1.82, 2.24) is 0 Å². The number of rotatable bonds is 3. The molecule has 18 heavy (non-hydrogen) atoms. The summed E-state index contributed by atoms with van der Waals surface area (Å²) in [6, 6.07) is 1.51. The molecule has 0 fully saturated rings. The number of halogens is 6. The average molecular weight is 273 g/mol. The molecule has 0 aromatic carbocycles. The van der Waals surface area contributed by atoms with Crippen LogP contribution in [0, 0.1) is 11.3 Å². The van der Waals surface area contributed by atoms with Crippen molar-refractivity contribution < 1.29 is 31.4 Å². The van der Waals surface area contributed by atoms with Gasteiger partial charge in [-0.05, 0) is 6.92 Å². The number of nitriles is 1. The van der Waals surface area contributed by atoms with Gasteiger partial charge in [0.15, 0.2) is 0 Å². The van der Waals surface area contributed by atoms with E-state index in [4.69, 9.17) is 10.4 Å². The zero-order valence-electron chi connectivity index (χ0n) is 9.10. The van der Waals surface area contributed by atoms with E-state index in [2.05, 4.69) is 0 Å². The Hall–Kier alpha value is -1.49. The molecule has 0 saturated heterocycles. The van der Waals surface area contributed by atoms with Crippen LogP contribution in [0.25, 0.3) is 0 Å². The van der Waals surface area contributed by atoms with Crippen LogP contribution in [0.4, 0.5) is 26.3 Å². The maximum Gasteiger partial charge on any atom is 0.426 e. The molecule has 0 bridgehead atoms. The van der Waals surface area contributed by atoms with E-state index in [-0.39, 0.29) is 5.57 Å². The quantitative estimate of drug-likeness (QED) is 0.487. The van der Waals surface area contributed by atoms with Crippen LogP contribution >= 0.6 is 0 Å². The van der Waals surface area contributed by atoms with E-state index in [1.165, 1.54) is 6.07 Å². The lowest BCUT2D eigenvalue weighted by Crippen LogP contribution is -2.56. The molecule has 0 saturated carbocycles. The van der Waals surface area contributed by atoms with Gasteiger partial charge in [0.1, 0.15) is 0 Å². The molecule has 102 valence electrons. The van der Waals surface area contributed by atoms with Crippen molar-refractivity contribution >= 4 is 0 Å². The Morgan fingerprint density at radius 1 is 1.17 bits per heavy atom. The largest absolute Gasteiger partial charge is 0.426 e. The summed E-state index contributed by atoms with van der Waals surface area (Å²) in [6.45, 7) is 0.990. The van der Waals surface area contributed by atoms with Crippen LogP contribution in [0.2, 0.25) is 0 Å². The van der Waals surface area contributed by atoms with E-state index >= 15 is 0 Å². The lowest BCUT2D eigenvalue weighted by molar-refractivity contribution is -0.367. The van der Waals surface area contributed by atoms with Gasteiger partial charge in [0.25, 0.3) is 5.60 Å².